The Labute approximate surface area is 96.3 Å². The fraction of sp³-hybridized carbons (Fsp3) is 0.583. The molecule has 0 bridgehead atoms. The molecule has 0 amide bonds. The highest BCUT2D eigenvalue weighted by Crippen LogP contribution is 2.13. The van der Waals surface area contributed by atoms with Gasteiger partial charge in [0.15, 0.2) is 0 Å². The molecule has 2 nitrogen and oxygen atoms in total. The number of halogens is 1. The van der Waals surface area contributed by atoms with Gasteiger partial charge in [0.25, 0.3) is 0 Å². The molecule has 1 aliphatic carbocycles. The molecular formula is C12H18ClNO. The third-order valence-corrected chi connectivity index (χ3v) is 2.95. The molecule has 84 valence electrons. The lowest BCUT2D eigenvalue weighted by molar-refractivity contribution is 0.316. The van der Waals surface area contributed by atoms with E-state index in [2.05, 4.69) is 29.5 Å². The van der Waals surface area contributed by atoms with Gasteiger partial charge in [-0.05, 0) is 38.5 Å². The Hall–Kier alpha value is -0.760. The number of hydrogen-bond donors (Lipinski definition) is 1. The van der Waals surface area contributed by atoms with Crippen LogP contribution in [0.25, 0.3) is 0 Å². The number of alkyl halides is 1. The molecule has 0 heterocycles. The molecular weight excluding hydrogens is 210 g/mol. The van der Waals surface area contributed by atoms with Gasteiger partial charge in [0.2, 0.25) is 0 Å². The van der Waals surface area contributed by atoms with Gasteiger partial charge >= 0.3 is 0 Å². The maximum Gasteiger partial charge on any atom is 0.0754 e. The van der Waals surface area contributed by atoms with Gasteiger partial charge in [0, 0.05) is 0 Å². The number of nitrogens with zero attached hydrogens (tertiary/aromatic N) is 1. The van der Waals surface area contributed by atoms with Crippen LogP contribution < -0.4 is 0 Å². The SMILES string of the molecule is ON=C1CC/C=C\CC/C=C\CCC1Cl. The summed E-state index contributed by atoms with van der Waals surface area (Å²) in [5.41, 5.74) is 0.704. The van der Waals surface area contributed by atoms with Gasteiger partial charge in [0.05, 0.1) is 11.1 Å². The second kappa shape index (κ2) is 7.52. The molecule has 15 heavy (non-hydrogen) atoms. The minimum absolute atomic E-state index is 0.132. The zero-order valence-electron chi connectivity index (χ0n) is 8.90. The highest BCUT2D eigenvalue weighted by atomic mass is 35.5. The summed E-state index contributed by atoms with van der Waals surface area (Å²) >= 11 is 6.13. The Kier molecular flexibility index (Phi) is 6.17. The van der Waals surface area contributed by atoms with Gasteiger partial charge in [-0.3, -0.25) is 0 Å². The fourth-order valence-electron chi connectivity index (χ4n) is 1.57. The van der Waals surface area contributed by atoms with Crippen molar-refractivity contribution in [3.05, 3.63) is 24.3 Å². The van der Waals surface area contributed by atoms with Crippen molar-refractivity contribution in [3.8, 4) is 0 Å². The zero-order chi connectivity index (χ0) is 10.9. The quantitative estimate of drug-likeness (QED) is 0.290. The van der Waals surface area contributed by atoms with Crippen LogP contribution in [0.2, 0.25) is 0 Å². The van der Waals surface area contributed by atoms with Gasteiger partial charge < -0.3 is 5.21 Å². The second-order valence-corrected chi connectivity index (χ2v) is 4.22. The van der Waals surface area contributed by atoms with Crippen molar-refractivity contribution in [1.29, 1.82) is 0 Å². The minimum atomic E-state index is -0.132. The molecule has 0 fully saturated rings. The molecule has 0 aliphatic heterocycles. The molecule has 0 aromatic heterocycles. The molecule has 0 aromatic carbocycles. The lowest BCUT2D eigenvalue weighted by atomic mass is 10.1. The summed E-state index contributed by atoms with van der Waals surface area (Å²) in [5.74, 6) is 0. The van der Waals surface area contributed by atoms with Gasteiger partial charge in [-0.15, -0.1) is 11.6 Å². The van der Waals surface area contributed by atoms with Crippen LogP contribution in [-0.2, 0) is 0 Å². The molecule has 1 atom stereocenters. The van der Waals surface area contributed by atoms with Crippen LogP contribution >= 0.6 is 11.6 Å². The van der Waals surface area contributed by atoms with Crippen LogP contribution in [0.5, 0.6) is 0 Å². The van der Waals surface area contributed by atoms with Crippen LogP contribution in [0.1, 0.15) is 38.5 Å². The van der Waals surface area contributed by atoms with E-state index < -0.39 is 0 Å². The van der Waals surface area contributed by atoms with Gasteiger partial charge in [-0.25, -0.2) is 0 Å². The summed E-state index contributed by atoms with van der Waals surface area (Å²) in [6.07, 6.45) is 14.3. The average Bonchev–Trinajstić information content (AvgIpc) is 2.23. The number of hydrogen-bond acceptors (Lipinski definition) is 2. The molecule has 1 rings (SSSR count). The summed E-state index contributed by atoms with van der Waals surface area (Å²) in [6.45, 7) is 0. The molecule has 0 saturated carbocycles. The second-order valence-electron chi connectivity index (χ2n) is 3.70. The van der Waals surface area contributed by atoms with E-state index in [0.717, 1.165) is 38.5 Å². The van der Waals surface area contributed by atoms with Crippen molar-refractivity contribution in [2.75, 3.05) is 0 Å². The molecule has 1 N–H and O–H groups in total. The molecule has 0 saturated heterocycles. The maximum atomic E-state index is 8.83. The predicted molar refractivity (Wildman–Crippen MR) is 64.8 cm³/mol. The van der Waals surface area contributed by atoms with E-state index in [0.29, 0.717) is 5.71 Å². The predicted octanol–water partition coefficient (Wildman–Crippen LogP) is 3.89. The van der Waals surface area contributed by atoms with E-state index in [1.807, 2.05) is 0 Å². The number of rotatable bonds is 0. The van der Waals surface area contributed by atoms with Crippen LogP contribution in [0, 0.1) is 0 Å². The summed E-state index contributed by atoms with van der Waals surface area (Å²) in [4.78, 5) is 0. The Bertz CT molecular complexity index is 258. The molecule has 0 spiro atoms. The van der Waals surface area contributed by atoms with Gasteiger partial charge in [-0.1, -0.05) is 29.5 Å². The average molecular weight is 228 g/mol. The first-order valence-corrected chi connectivity index (χ1v) is 5.93. The van der Waals surface area contributed by atoms with Gasteiger partial charge in [0.1, 0.15) is 0 Å². The zero-order valence-corrected chi connectivity index (χ0v) is 9.66. The first kappa shape index (κ1) is 12.3. The lowest BCUT2D eigenvalue weighted by Gasteiger charge is -2.09. The van der Waals surface area contributed by atoms with E-state index in [-0.39, 0.29) is 5.38 Å². The Morgan fingerprint density at radius 2 is 1.67 bits per heavy atom. The first-order valence-electron chi connectivity index (χ1n) is 5.49. The maximum absolute atomic E-state index is 8.83. The van der Waals surface area contributed by atoms with Crippen LogP contribution in [-0.4, -0.2) is 16.3 Å². The van der Waals surface area contributed by atoms with Gasteiger partial charge in [-0.2, -0.15) is 0 Å². The summed E-state index contributed by atoms with van der Waals surface area (Å²) in [5, 5.41) is 12.0. The van der Waals surface area contributed by atoms with Crippen molar-refractivity contribution in [2.24, 2.45) is 5.16 Å². The summed E-state index contributed by atoms with van der Waals surface area (Å²) < 4.78 is 0. The monoisotopic (exact) mass is 227 g/mol. The normalized spacial score (nSPS) is 31.5. The molecule has 0 radical (unpaired) electrons. The minimum Gasteiger partial charge on any atom is -0.411 e. The Morgan fingerprint density at radius 3 is 2.33 bits per heavy atom. The third-order valence-electron chi connectivity index (χ3n) is 2.48. The van der Waals surface area contributed by atoms with Crippen molar-refractivity contribution < 1.29 is 5.21 Å². The number of allylic oxidation sites excluding steroid dienone is 4. The van der Waals surface area contributed by atoms with E-state index in [4.69, 9.17) is 16.8 Å². The van der Waals surface area contributed by atoms with E-state index in [9.17, 15) is 0 Å². The Morgan fingerprint density at radius 1 is 1.07 bits per heavy atom. The van der Waals surface area contributed by atoms with E-state index in [1.165, 1.54) is 0 Å². The lowest BCUT2D eigenvalue weighted by Crippen LogP contribution is -2.14. The van der Waals surface area contributed by atoms with Crippen LogP contribution in [0.15, 0.2) is 29.5 Å². The molecule has 1 aliphatic rings. The molecule has 1 unspecified atom stereocenters. The third kappa shape index (κ3) is 5.03. The number of oxime groups is 1. The smallest absolute Gasteiger partial charge is 0.0754 e. The van der Waals surface area contributed by atoms with Crippen molar-refractivity contribution in [1.82, 2.24) is 0 Å². The summed E-state index contributed by atoms with van der Waals surface area (Å²) in [7, 11) is 0. The fourth-order valence-corrected chi connectivity index (χ4v) is 1.85. The highest BCUT2D eigenvalue weighted by Gasteiger charge is 2.12. The molecule has 3 heteroatoms. The van der Waals surface area contributed by atoms with Crippen LogP contribution in [0.3, 0.4) is 0 Å². The Balaban J connectivity index is 2.55. The first-order chi connectivity index (χ1) is 7.34. The molecule has 0 aromatic rings. The highest BCUT2D eigenvalue weighted by molar-refractivity contribution is 6.32. The summed E-state index contributed by atoms with van der Waals surface area (Å²) in [6, 6.07) is 0. The largest absolute Gasteiger partial charge is 0.411 e. The van der Waals surface area contributed by atoms with Crippen molar-refractivity contribution in [3.63, 3.8) is 0 Å². The van der Waals surface area contributed by atoms with Crippen LogP contribution in [0.4, 0.5) is 0 Å². The van der Waals surface area contributed by atoms with Crippen molar-refractivity contribution in [2.45, 2.75) is 43.9 Å². The van der Waals surface area contributed by atoms with E-state index in [1.54, 1.807) is 0 Å². The topological polar surface area (TPSA) is 32.6 Å². The standard InChI is InChI=1S/C12H18ClNO/c13-11-9-7-5-3-1-2-4-6-8-10-12(11)14-15/h3-6,11,15H,1-2,7-10H2/b5-3-,6-4-,14-12?. The van der Waals surface area contributed by atoms with Crippen molar-refractivity contribution >= 4 is 17.3 Å². The van der Waals surface area contributed by atoms with E-state index >= 15 is 0 Å².